The molecular weight excluding hydrogens is 308 g/mol. The van der Waals surface area contributed by atoms with E-state index in [4.69, 9.17) is 9.84 Å². The lowest BCUT2D eigenvalue weighted by Crippen LogP contribution is -2.48. The molecule has 0 aliphatic carbocycles. The number of ether oxygens (including phenoxy) is 1. The number of aliphatic carboxylic acids is 1. The predicted molar refractivity (Wildman–Crippen MR) is 91.4 cm³/mol. The largest absolute Gasteiger partial charge is 0.497 e. The van der Waals surface area contributed by atoms with E-state index in [9.17, 15) is 9.59 Å². The second-order valence-electron chi connectivity index (χ2n) is 6.87. The van der Waals surface area contributed by atoms with Crippen LogP contribution in [0.4, 0.5) is 4.79 Å². The Balaban J connectivity index is 1.87. The molecule has 1 aromatic carbocycles. The zero-order chi connectivity index (χ0) is 17.7. The number of hydrogen-bond donors (Lipinski definition) is 2. The number of carbonyl (C=O) groups is 2. The molecule has 0 saturated carbocycles. The highest BCUT2D eigenvalue weighted by Gasteiger charge is 2.28. The number of carbonyl (C=O) groups excluding carboxylic acids is 1. The van der Waals surface area contributed by atoms with Crippen molar-refractivity contribution in [2.75, 3.05) is 26.7 Å². The van der Waals surface area contributed by atoms with Gasteiger partial charge < -0.3 is 20.1 Å². The van der Waals surface area contributed by atoms with Crippen LogP contribution >= 0.6 is 0 Å². The summed E-state index contributed by atoms with van der Waals surface area (Å²) >= 11 is 0. The maximum Gasteiger partial charge on any atom is 0.317 e. The molecule has 1 heterocycles. The quantitative estimate of drug-likeness (QED) is 0.867. The molecule has 0 radical (unpaired) electrons. The topological polar surface area (TPSA) is 78.9 Å². The molecule has 0 bridgehead atoms. The van der Waals surface area contributed by atoms with E-state index >= 15 is 0 Å². The van der Waals surface area contributed by atoms with Crippen LogP contribution in [0, 0.1) is 5.92 Å². The zero-order valence-electron chi connectivity index (χ0n) is 14.5. The molecule has 1 saturated heterocycles. The van der Waals surface area contributed by atoms with Crippen molar-refractivity contribution in [1.82, 2.24) is 10.2 Å². The molecule has 1 aliphatic heterocycles. The SMILES string of the molecule is COc1ccc(C(C)(C)CNC(=O)N2CCC(C(=O)O)CC2)cc1. The lowest BCUT2D eigenvalue weighted by molar-refractivity contribution is -0.143. The van der Waals surface area contributed by atoms with Crippen molar-refractivity contribution in [3.05, 3.63) is 29.8 Å². The minimum absolute atomic E-state index is 0.125. The van der Waals surface area contributed by atoms with E-state index in [1.165, 1.54) is 0 Å². The van der Waals surface area contributed by atoms with Gasteiger partial charge >= 0.3 is 12.0 Å². The number of piperidine rings is 1. The maximum absolute atomic E-state index is 12.3. The van der Waals surface area contributed by atoms with Gasteiger partial charge in [0.15, 0.2) is 0 Å². The molecule has 2 N–H and O–H groups in total. The van der Waals surface area contributed by atoms with Gasteiger partial charge in [0.1, 0.15) is 5.75 Å². The number of rotatable bonds is 5. The smallest absolute Gasteiger partial charge is 0.317 e. The number of nitrogens with zero attached hydrogens (tertiary/aromatic N) is 1. The van der Waals surface area contributed by atoms with Gasteiger partial charge in [0.05, 0.1) is 13.0 Å². The number of hydrogen-bond acceptors (Lipinski definition) is 3. The highest BCUT2D eigenvalue weighted by atomic mass is 16.5. The summed E-state index contributed by atoms with van der Waals surface area (Å²) in [6.07, 6.45) is 1.04. The molecular formula is C18H26N2O4. The summed E-state index contributed by atoms with van der Waals surface area (Å²) in [5.74, 6) is -0.291. The Morgan fingerprint density at radius 2 is 1.83 bits per heavy atom. The minimum atomic E-state index is -0.768. The number of carboxylic acids is 1. The maximum atomic E-state index is 12.3. The van der Waals surface area contributed by atoms with Crippen LogP contribution in [-0.2, 0) is 10.2 Å². The molecule has 0 aromatic heterocycles. The number of carboxylic acid groups (broad SMARTS) is 1. The van der Waals surface area contributed by atoms with Gasteiger partial charge in [-0.25, -0.2) is 4.79 Å². The Hall–Kier alpha value is -2.24. The molecule has 6 heteroatoms. The Labute approximate surface area is 142 Å². The summed E-state index contributed by atoms with van der Waals surface area (Å²) in [6.45, 7) is 5.64. The van der Waals surface area contributed by atoms with E-state index in [0.29, 0.717) is 32.5 Å². The monoisotopic (exact) mass is 334 g/mol. The van der Waals surface area contributed by atoms with Crippen LogP contribution in [0.15, 0.2) is 24.3 Å². The highest BCUT2D eigenvalue weighted by Crippen LogP contribution is 2.25. The molecule has 2 rings (SSSR count). The summed E-state index contributed by atoms with van der Waals surface area (Å²) in [5, 5.41) is 12.0. The Kier molecular flexibility index (Phi) is 5.70. The van der Waals surface area contributed by atoms with E-state index in [-0.39, 0.29) is 17.4 Å². The van der Waals surface area contributed by atoms with Crippen LogP contribution in [0.25, 0.3) is 0 Å². The second-order valence-corrected chi connectivity index (χ2v) is 6.87. The van der Waals surface area contributed by atoms with Gasteiger partial charge in [-0.05, 0) is 30.5 Å². The summed E-state index contributed by atoms with van der Waals surface area (Å²) in [6, 6.07) is 7.71. The fraction of sp³-hybridized carbons (Fsp3) is 0.556. The molecule has 0 spiro atoms. The number of urea groups is 1. The highest BCUT2D eigenvalue weighted by molar-refractivity contribution is 5.75. The number of benzene rings is 1. The first-order valence-electron chi connectivity index (χ1n) is 8.23. The first-order valence-corrected chi connectivity index (χ1v) is 8.23. The lowest BCUT2D eigenvalue weighted by atomic mass is 9.84. The predicted octanol–water partition coefficient (Wildman–Crippen LogP) is 2.48. The third-order valence-corrected chi connectivity index (χ3v) is 4.68. The number of nitrogens with one attached hydrogen (secondary N) is 1. The van der Waals surface area contributed by atoms with Gasteiger partial charge in [0.2, 0.25) is 0 Å². The molecule has 132 valence electrons. The van der Waals surface area contributed by atoms with Crippen molar-refractivity contribution in [3.8, 4) is 5.75 Å². The molecule has 1 fully saturated rings. The van der Waals surface area contributed by atoms with E-state index in [0.717, 1.165) is 11.3 Å². The first-order chi connectivity index (χ1) is 11.3. The minimum Gasteiger partial charge on any atom is -0.497 e. The average molecular weight is 334 g/mol. The van der Waals surface area contributed by atoms with Crippen LogP contribution in [0.5, 0.6) is 5.75 Å². The van der Waals surface area contributed by atoms with Crippen LogP contribution in [-0.4, -0.2) is 48.8 Å². The standard InChI is InChI=1S/C18H26N2O4/c1-18(2,14-4-6-15(24-3)7-5-14)12-19-17(23)20-10-8-13(9-11-20)16(21)22/h4-7,13H,8-12H2,1-3H3,(H,19,23)(H,21,22). The summed E-state index contributed by atoms with van der Waals surface area (Å²) < 4.78 is 5.17. The van der Waals surface area contributed by atoms with Gasteiger partial charge in [-0.1, -0.05) is 26.0 Å². The van der Waals surface area contributed by atoms with Crippen LogP contribution in [0.3, 0.4) is 0 Å². The zero-order valence-corrected chi connectivity index (χ0v) is 14.5. The van der Waals surface area contributed by atoms with Crippen molar-refractivity contribution < 1.29 is 19.4 Å². The Morgan fingerprint density at radius 1 is 1.25 bits per heavy atom. The first kappa shape index (κ1) is 18.1. The van der Waals surface area contributed by atoms with Gasteiger partial charge in [0.25, 0.3) is 0 Å². The molecule has 1 aromatic rings. The van der Waals surface area contributed by atoms with Crippen molar-refractivity contribution in [2.45, 2.75) is 32.1 Å². The van der Waals surface area contributed by atoms with E-state index in [1.807, 2.05) is 24.3 Å². The van der Waals surface area contributed by atoms with Gasteiger partial charge in [-0.15, -0.1) is 0 Å². The number of likely N-dealkylation sites (tertiary alicyclic amines) is 1. The second kappa shape index (κ2) is 7.55. The van der Waals surface area contributed by atoms with Crippen molar-refractivity contribution in [1.29, 1.82) is 0 Å². The lowest BCUT2D eigenvalue weighted by Gasteiger charge is -2.32. The number of methoxy groups -OCH3 is 1. The fourth-order valence-corrected chi connectivity index (χ4v) is 2.88. The third-order valence-electron chi connectivity index (χ3n) is 4.68. The molecule has 2 amide bonds. The van der Waals surface area contributed by atoms with Crippen molar-refractivity contribution >= 4 is 12.0 Å². The van der Waals surface area contributed by atoms with Crippen LogP contribution in [0.2, 0.25) is 0 Å². The summed E-state index contributed by atoms with van der Waals surface area (Å²) in [4.78, 5) is 25.0. The van der Waals surface area contributed by atoms with Crippen LogP contribution in [0.1, 0.15) is 32.3 Å². The van der Waals surface area contributed by atoms with Crippen LogP contribution < -0.4 is 10.1 Å². The van der Waals surface area contributed by atoms with E-state index in [2.05, 4.69) is 19.2 Å². The number of amides is 2. The van der Waals surface area contributed by atoms with Gasteiger partial charge in [-0.2, -0.15) is 0 Å². The van der Waals surface area contributed by atoms with Crippen molar-refractivity contribution in [2.24, 2.45) is 5.92 Å². The third kappa shape index (κ3) is 4.40. The molecule has 6 nitrogen and oxygen atoms in total. The average Bonchev–Trinajstić information content (AvgIpc) is 2.60. The van der Waals surface area contributed by atoms with Crippen molar-refractivity contribution in [3.63, 3.8) is 0 Å². The molecule has 0 unspecified atom stereocenters. The molecule has 0 atom stereocenters. The Morgan fingerprint density at radius 3 is 2.33 bits per heavy atom. The summed E-state index contributed by atoms with van der Waals surface area (Å²) in [7, 11) is 1.63. The van der Waals surface area contributed by atoms with Gasteiger partial charge in [-0.3, -0.25) is 4.79 Å². The van der Waals surface area contributed by atoms with Gasteiger partial charge in [0, 0.05) is 25.0 Å². The normalized spacial score (nSPS) is 15.9. The van der Waals surface area contributed by atoms with E-state index in [1.54, 1.807) is 12.0 Å². The Bertz CT molecular complexity index is 575. The summed E-state index contributed by atoms with van der Waals surface area (Å²) in [5.41, 5.74) is 0.912. The molecule has 1 aliphatic rings. The molecule has 24 heavy (non-hydrogen) atoms. The van der Waals surface area contributed by atoms with E-state index < -0.39 is 5.97 Å². The fourth-order valence-electron chi connectivity index (χ4n) is 2.88.